The first-order valence-corrected chi connectivity index (χ1v) is 6.25. The first kappa shape index (κ1) is 13.1. The van der Waals surface area contributed by atoms with Gasteiger partial charge in [-0.1, -0.05) is 20.3 Å². The molecular formula is C13H19F2N3. The van der Waals surface area contributed by atoms with Gasteiger partial charge < -0.3 is 11.1 Å². The van der Waals surface area contributed by atoms with Crippen LogP contribution in [0.2, 0.25) is 0 Å². The second kappa shape index (κ2) is 4.71. The van der Waals surface area contributed by atoms with Crippen LogP contribution in [0.1, 0.15) is 39.5 Å². The zero-order chi connectivity index (χ0) is 13.3. The van der Waals surface area contributed by atoms with Crippen molar-refractivity contribution in [2.75, 3.05) is 11.1 Å². The molecule has 0 radical (unpaired) electrons. The van der Waals surface area contributed by atoms with Crippen molar-refractivity contribution in [2.24, 2.45) is 5.41 Å². The molecule has 0 saturated heterocycles. The average molecular weight is 255 g/mol. The predicted molar refractivity (Wildman–Crippen MR) is 68.2 cm³/mol. The zero-order valence-electron chi connectivity index (χ0n) is 10.8. The molecule has 1 saturated carbocycles. The van der Waals surface area contributed by atoms with Crippen LogP contribution in [0.25, 0.3) is 0 Å². The Kier molecular flexibility index (Phi) is 3.41. The standard InChI is InChI=1S/C13H19F2N3/c1-13(2)5-3-4-8(7-13)17-12-10(15)6-9(14)11(16)18-12/h6,8H,3-5,7H2,1-2H3,(H3,16,17,18). The number of pyridine rings is 1. The molecule has 0 aromatic carbocycles. The van der Waals surface area contributed by atoms with Gasteiger partial charge in [-0.2, -0.15) is 0 Å². The first-order chi connectivity index (χ1) is 8.37. The van der Waals surface area contributed by atoms with E-state index in [-0.39, 0.29) is 23.1 Å². The molecule has 1 aliphatic rings. The maximum Gasteiger partial charge on any atom is 0.168 e. The van der Waals surface area contributed by atoms with Crippen LogP contribution < -0.4 is 11.1 Å². The van der Waals surface area contributed by atoms with Gasteiger partial charge in [0.1, 0.15) is 0 Å². The third kappa shape index (κ3) is 2.89. The largest absolute Gasteiger partial charge is 0.381 e. The molecule has 3 N–H and O–H groups in total. The molecule has 2 rings (SSSR count). The van der Waals surface area contributed by atoms with Crippen LogP contribution >= 0.6 is 0 Å². The van der Waals surface area contributed by atoms with E-state index < -0.39 is 11.6 Å². The molecule has 1 unspecified atom stereocenters. The number of hydrogen-bond donors (Lipinski definition) is 2. The summed E-state index contributed by atoms with van der Waals surface area (Å²) in [5, 5.41) is 3.04. The quantitative estimate of drug-likeness (QED) is 0.852. The number of nitrogen functional groups attached to an aromatic ring is 1. The predicted octanol–water partition coefficient (Wildman–Crippen LogP) is 3.32. The number of nitrogens with one attached hydrogen (secondary N) is 1. The fourth-order valence-corrected chi connectivity index (χ4v) is 2.60. The topological polar surface area (TPSA) is 50.9 Å². The molecule has 0 bridgehead atoms. The van der Waals surface area contributed by atoms with E-state index in [1.807, 2.05) is 0 Å². The van der Waals surface area contributed by atoms with Gasteiger partial charge in [0.15, 0.2) is 23.3 Å². The molecule has 1 heterocycles. The summed E-state index contributed by atoms with van der Waals surface area (Å²) in [6, 6.07) is 0.944. The number of hydrogen-bond acceptors (Lipinski definition) is 3. The minimum atomic E-state index is -0.818. The molecule has 1 aliphatic carbocycles. The Morgan fingerprint density at radius 1 is 1.39 bits per heavy atom. The van der Waals surface area contributed by atoms with Crippen molar-refractivity contribution in [3.05, 3.63) is 17.7 Å². The van der Waals surface area contributed by atoms with Gasteiger partial charge >= 0.3 is 0 Å². The van der Waals surface area contributed by atoms with E-state index in [0.29, 0.717) is 0 Å². The van der Waals surface area contributed by atoms with E-state index in [1.165, 1.54) is 6.42 Å². The van der Waals surface area contributed by atoms with Crippen molar-refractivity contribution >= 4 is 11.6 Å². The van der Waals surface area contributed by atoms with Gasteiger partial charge in [-0.25, -0.2) is 13.8 Å². The van der Waals surface area contributed by atoms with Gasteiger partial charge in [0.05, 0.1) is 0 Å². The molecule has 5 heteroatoms. The van der Waals surface area contributed by atoms with Crippen molar-refractivity contribution in [1.82, 2.24) is 4.98 Å². The summed E-state index contributed by atoms with van der Waals surface area (Å²) in [5.74, 6) is -1.72. The lowest BCUT2D eigenvalue weighted by Gasteiger charge is -2.35. The third-order valence-electron chi connectivity index (χ3n) is 3.50. The maximum atomic E-state index is 13.6. The Bertz CT molecular complexity index is 446. The second-order valence-corrected chi connectivity index (χ2v) is 5.79. The lowest BCUT2D eigenvalue weighted by atomic mass is 9.75. The zero-order valence-corrected chi connectivity index (χ0v) is 10.8. The van der Waals surface area contributed by atoms with Crippen LogP contribution in [-0.2, 0) is 0 Å². The molecule has 0 spiro atoms. The maximum absolute atomic E-state index is 13.6. The summed E-state index contributed by atoms with van der Waals surface area (Å²) < 4.78 is 26.6. The summed E-state index contributed by atoms with van der Waals surface area (Å²) in [6.07, 6.45) is 4.20. The molecule has 100 valence electrons. The summed E-state index contributed by atoms with van der Waals surface area (Å²) in [5.41, 5.74) is 5.60. The third-order valence-corrected chi connectivity index (χ3v) is 3.50. The lowest BCUT2D eigenvalue weighted by molar-refractivity contribution is 0.229. The molecule has 1 aromatic rings. The van der Waals surface area contributed by atoms with Crippen LogP contribution in [-0.4, -0.2) is 11.0 Å². The molecule has 1 atom stereocenters. The Balaban J connectivity index is 2.12. The van der Waals surface area contributed by atoms with Gasteiger partial charge in [0.2, 0.25) is 0 Å². The minimum absolute atomic E-state index is 0.0524. The van der Waals surface area contributed by atoms with Crippen LogP contribution in [0.15, 0.2) is 6.07 Å². The SMILES string of the molecule is CC1(C)CCCC(Nc2nc(N)c(F)cc2F)C1. The number of aromatic nitrogens is 1. The van der Waals surface area contributed by atoms with Crippen molar-refractivity contribution in [1.29, 1.82) is 0 Å². The summed E-state index contributed by atoms with van der Waals surface area (Å²) in [6.45, 7) is 4.40. The Morgan fingerprint density at radius 2 is 2.11 bits per heavy atom. The monoisotopic (exact) mass is 255 g/mol. The van der Waals surface area contributed by atoms with Crippen LogP contribution in [0, 0.1) is 17.0 Å². The van der Waals surface area contributed by atoms with E-state index >= 15 is 0 Å². The Labute approximate surface area is 106 Å². The fraction of sp³-hybridized carbons (Fsp3) is 0.615. The van der Waals surface area contributed by atoms with Gasteiger partial charge in [-0.3, -0.25) is 0 Å². The van der Waals surface area contributed by atoms with Crippen molar-refractivity contribution in [3.63, 3.8) is 0 Å². The summed E-state index contributed by atoms with van der Waals surface area (Å²) >= 11 is 0. The van der Waals surface area contributed by atoms with E-state index in [1.54, 1.807) is 0 Å². The van der Waals surface area contributed by atoms with Gasteiger partial charge in [0.25, 0.3) is 0 Å². The minimum Gasteiger partial charge on any atom is -0.381 e. The van der Waals surface area contributed by atoms with Gasteiger partial charge in [-0.05, 0) is 24.7 Å². The van der Waals surface area contributed by atoms with Gasteiger partial charge in [-0.15, -0.1) is 0 Å². The molecule has 0 amide bonds. The average Bonchev–Trinajstić information content (AvgIpc) is 2.24. The molecular weight excluding hydrogens is 236 g/mol. The highest BCUT2D eigenvalue weighted by atomic mass is 19.1. The molecule has 18 heavy (non-hydrogen) atoms. The molecule has 1 fully saturated rings. The normalized spacial score (nSPS) is 22.8. The number of halogens is 2. The highest BCUT2D eigenvalue weighted by molar-refractivity contribution is 5.45. The summed E-state index contributed by atoms with van der Waals surface area (Å²) in [7, 11) is 0. The Hall–Kier alpha value is -1.39. The fourth-order valence-electron chi connectivity index (χ4n) is 2.60. The summed E-state index contributed by atoms with van der Waals surface area (Å²) in [4.78, 5) is 3.73. The van der Waals surface area contributed by atoms with Crippen LogP contribution in [0.5, 0.6) is 0 Å². The highest BCUT2D eigenvalue weighted by Gasteiger charge is 2.28. The lowest BCUT2D eigenvalue weighted by Crippen LogP contribution is -2.32. The van der Waals surface area contributed by atoms with Gasteiger partial charge in [0, 0.05) is 12.1 Å². The van der Waals surface area contributed by atoms with E-state index in [2.05, 4.69) is 24.1 Å². The van der Waals surface area contributed by atoms with Crippen molar-refractivity contribution in [3.8, 4) is 0 Å². The van der Waals surface area contributed by atoms with E-state index in [0.717, 1.165) is 25.3 Å². The molecule has 3 nitrogen and oxygen atoms in total. The van der Waals surface area contributed by atoms with Crippen LogP contribution in [0.4, 0.5) is 20.4 Å². The molecule has 0 aliphatic heterocycles. The van der Waals surface area contributed by atoms with E-state index in [9.17, 15) is 8.78 Å². The number of nitrogens with two attached hydrogens (primary N) is 1. The Morgan fingerprint density at radius 3 is 2.78 bits per heavy atom. The van der Waals surface area contributed by atoms with Crippen molar-refractivity contribution in [2.45, 2.75) is 45.6 Å². The smallest absolute Gasteiger partial charge is 0.168 e. The highest BCUT2D eigenvalue weighted by Crippen LogP contribution is 2.36. The van der Waals surface area contributed by atoms with Crippen molar-refractivity contribution < 1.29 is 8.78 Å². The number of anilines is 2. The second-order valence-electron chi connectivity index (χ2n) is 5.79. The van der Waals surface area contributed by atoms with E-state index in [4.69, 9.17) is 5.73 Å². The molecule has 1 aromatic heterocycles. The van der Waals surface area contributed by atoms with Crippen LogP contribution in [0.3, 0.4) is 0 Å². The number of rotatable bonds is 2. The first-order valence-electron chi connectivity index (χ1n) is 6.25. The number of nitrogens with zero attached hydrogens (tertiary/aromatic N) is 1.